The Bertz CT molecular complexity index is 603. The van der Waals surface area contributed by atoms with E-state index in [1.54, 1.807) is 0 Å². The monoisotopic (exact) mass is 358 g/mol. The molecule has 0 saturated carbocycles. The second kappa shape index (κ2) is 6.34. The first-order valence-electron chi connectivity index (χ1n) is 6.26. The first kappa shape index (κ1) is 19.2. The lowest BCUT2D eigenvalue weighted by molar-refractivity contribution is -0.287. The summed E-state index contributed by atoms with van der Waals surface area (Å²) in [6, 6.07) is 0. The molecular formula is C12H19ClO8S. The van der Waals surface area contributed by atoms with Gasteiger partial charge in [-0.2, -0.15) is 8.42 Å². The van der Waals surface area contributed by atoms with E-state index in [-0.39, 0.29) is 11.3 Å². The van der Waals surface area contributed by atoms with Crippen molar-refractivity contribution in [2.75, 3.05) is 0 Å². The van der Waals surface area contributed by atoms with Gasteiger partial charge in [0.25, 0.3) is 5.79 Å². The maximum Gasteiger partial charge on any atom is 0.401 e. The topological polar surface area (TPSA) is 134 Å². The van der Waals surface area contributed by atoms with Crippen molar-refractivity contribution in [3.8, 4) is 0 Å². The van der Waals surface area contributed by atoms with Crippen LogP contribution in [0.5, 0.6) is 0 Å². The van der Waals surface area contributed by atoms with Gasteiger partial charge in [0.05, 0.1) is 10.7 Å². The van der Waals surface area contributed by atoms with Gasteiger partial charge in [0, 0.05) is 0 Å². The minimum absolute atomic E-state index is 0.127. The van der Waals surface area contributed by atoms with Crippen molar-refractivity contribution in [1.82, 2.24) is 0 Å². The molecule has 1 fully saturated rings. The van der Waals surface area contributed by atoms with Gasteiger partial charge in [-0.25, -0.2) is 0 Å². The number of aliphatic hydroxyl groups excluding tert-OH is 3. The molecule has 1 saturated heterocycles. The Morgan fingerprint density at radius 3 is 2.09 bits per heavy atom. The van der Waals surface area contributed by atoms with Crippen molar-refractivity contribution in [3.63, 3.8) is 0 Å². The molecule has 4 atom stereocenters. The minimum atomic E-state index is -4.54. The molecule has 1 rings (SSSR count). The largest absolute Gasteiger partial charge is 0.454 e. The van der Waals surface area contributed by atoms with Crippen molar-refractivity contribution in [3.05, 3.63) is 22.7 Å². The Kier molecular flexibility index (Phi) is 5.54. The lowest BCUT2D eigenvalue weighted by Crippen LogP contribution is -2.61. The highest BCUT2D eigenvalue weighted by Crippen LogP contribution is 2.39. The number of ether oxygens (including phenoxy) is 1. The van der Waals surface area contributed by atoms with Gasteiger partial charge in [-0.15, -0.1) is 0 Å². The van der Waals surface area contributed by atoms with Crippen LogP contribution in [-0.4, -0.2) is 52.9 Å². The van der Waals surface area contributed by atoms with Gasteiger partial charge in [0.15, 0.2) is 11.9 Å². The van der Waals surface area contributed by atoms with Crippen LogP contribution in [-0.2, 0) is 18.3 Å². The van der Waals surface area contributed by atoms with E-state index < -0.39 is 39.2 Å². The lowest BCUT2D eigenvalue weighted by atomic mass is 9.91. The van der Waals surface area contributed by atoms with Crippen LogP contribution in [0.2, 0.25) is 0 Å². The fourth-order valence-corrected chi connectivity index (χ4v) is 2.70. The zero-order valence-corrected chi connectivity index (χ0v) is 14.0. The van der Waals surface area contributed by atoms with Crippen LogP contribution < -0.4 is 0 Å². The molecule has 1 aliphatic rings. The summed E-state index contributed by atoms with van der Waals surface area (Å²) in [5.74, 6) is -3.64. The molecule has 0 aromatic heterocycles. The number of rotatable bonds is 3. The first-order chi connectivity index (χ1) is 9.81. The maximum atomic E-state index is 11.1. The van der Waals surface area contributed by atoms with E-state index in [9.17, 15) is 28.8 Å². The second-order valence-corrected chi connectivity index (χ2v) is 7.44. The van der Waals surface area contributed by atoms with Gasteiger partial charge in [0.2, 0.25) is 0 Å². The van der Waals surface area contributed by atoms with Gasteiger partial charge >= 0.3 is 9.33 Å². The van der Waals surface area contributed by atoms with Crippen molar-refractivity contribution in [2.45, 2.75) is 51.8 Å². The molecule has 128 valence electrons. The van der Waals surface area contributed by atoms with Crippen molar-refractivity contribution in [2.24, 2.45) is 0 Å². The third kappa shape index (κ3) is 3.73. The zero-order valence-electron chi connectivity index (χ0n) is 12.4. The third-order valence-corrected chi connectivity index (χ3v) is 3.59. The molecule has 1 aliphatic heterocycles. The predicted octanol–water partition coefficient (Wildman–Crippen LogP) is -0.124. The second-order valence-electron chi connectivity index (χ2n) is 5.35. The summed E-state index contributed by atoms with van der Waals surface area (Å²) >= 11 is 0. The lowest BCUT2D eigenvalue weighted by Gasteiger charge is -2.43. The standard InChI is InChI=1S/C12H19ClO8S/c1-5(2)9-7(14)8(15)10(16)12(17,20-9)11(6(3)4)21-22(13,18)19/h7-8,10,14-17H,1-4H3/t7-,8+,10-,12?/m0/s1. The SMILES string of the molecule is CC(C)=C1OC(O)(C(OS(=O)(=O)Cl)=C(C)C)[C@@H](O)[C@H](O)[C@@H]1O. The fraction of sp³-hybridized carbons (Fsp3) is 0.667. The van der Waals surface area contributed by atoms with E-state index in [2.05, 4.69) is 4.18 Å². The Hall–Kier alpha value is -0.840. The number of allylic oxidation sites excluding steroid dienone is 2. The summed E-state index contributed by atoms with van der Waals surface area (Å²) < 4.78 is 31.9. The van der Waals surface area contributed by atoms with E-state index in [1.165, 1.54) is 27.7 Å². The Morgan fingerprint density at radius 1 is 1.23 bits per heavy atom. The van der Waals surface area contributed by atoms with Crippen molar-refractivity contribution in [1.29, 1.82) is 0 Å². The van der Waals surface area contributed by atoms with Crippen LogP contribution in [0.4, 0.5) is 0 Å². The molecule has 0 radical (unpaired) electrons. The van der Waals surface area contributed by atoms with Crippen LogP contribution >= 0.6 is 10.7 Å². The number of halogens is 1. The summed E-state index contributed by atoms with van der Waals surface area (Å²) in [5, 5.41) is 40.3. The molecule has 1 heterocycles. The van der Waals surface area contributed by atoms with Crippen LogP contribution in [0, 0.1) is 0 Å². The molecule has 10 heteroatoms. The normalized spacial score (nSPS) is 32.2. The molecule has 0 amide bonds. The van der Waals surface area contributed by atoms with E-state index in [1.807, 2.05) is 0 Å². The van der Waals surface area contributed by atoms with Crippen LogP contribution in [0.15, 0.2) is 22.7 Å². The van der Waals surface area contributed by atoms with E-state index in [0.717, 1.165) is 0 Å². The molecule has 0 spiro atoms. The number of hydrogen-bond acceptors (Lipinski definition) is 8. The highest BCUT2D eigenvalue weighted by Gasteiger charge is 2.56. The first-order valence-corrected chi connectivity index (χ1v) is 8.49. The van der Waals surface area contributed by atoms with E-state index >= 15 is 0 Å². The summed E-state index contributed by atoms with van der Waals surface area (Å²) in [6.45, 7) is 5.82. The van der Waals surface area contributed by atoms with Crippen molar-refractivity contribution >= 4 is 20.0 Å². The van der Waals surface area contributed by atoms with Gasteiger partial charge in [-0.05, 0) is 38.8 Å². The highest BCUT2D eigenvalue weighted by molar-refractivity contribution is 8.10. The van der Waals surface area contributed by atoms with Gasteiger partial charge in [-0.3, -0.25) is 0 Å². The van der Waals surface area contributed by atoms with Gasteiger partial charge in [-0.1, -0.05) is 0 Å². The summed E-state index contributed by atoms with van der Waals surface area (Å²) in [5.41, 5.74) is 0.529. The number of aliphatic hydroxyl groups is 4. The summed E-state index contributed by atoms with van der Waals surface area (Å²) in [4.78, 5) is 0. The van der Waals surface area contributed by atoms with Crippen LogP contribution in [0.1, 0.15) is 27.7 Å². The molecule has 0 aliphatic carbocycles. The molecule has 8 nitrogen and oxygen atoms in total. The molecular weight excluding hydrogens is 340 g/mol. The Morgan fingerprint density at radius 2 is 1.73 bits per heavy atom. The molecule has 0 aromatic carbocycles. The Labute approximate surface area is 132 Å². The highest BCUT2D eigenvalue weighted by atomic mass is 35.7. The summed E-state index contributed by atoms with van der Waals surface area (Å²) in [7, 11) is 0.464. The van der Waals surface area contributed by atoms with Crippen molar-refractivity contribution < 1.29 is 37.8 Å². The maximum absolute atomic E-state index is 11.1. The number of hydrogen-bond donors (Lipinski definition) is 4. The van der Waals surface area contributed by atoms with Gasteiger partial charge in [0.1, 0.15) is 18.0 Å². The molecule has 22 heavy (non-hydrogen) atoms. The van der Waals surface area contributed by atoms with Gasteiger partial charge < -0.3 is 29.3 Å². The van der Waals surface area contributed by atoms with E-state index in [0.29, 0.717) is 5.57 Å². The zero-order chi connectivity index (χ0) is 17.5. The molecule has 0 bridgehead atoms. The quantitative estimate of drug-likeness (QED) is 0.405. The van der Waals surface area contributed by atoms with Crippen LogP contribution in [0.3, 0.4) is 0 Å². The third-order valence-electron chi connectivity index (χ3n) is 3.04. The average molecular weight is 359 g/mol. The predicted molar refractivity (Wildman–Crippen MR) is 76.7 cm³/mol. The molecule has 1 unspecified atom stereocenters. The fourth-order valence-electron chi connectivity index (χ4n) is 2.03. The Balaban J connectivity index is 3.46. The molecule has 4 N–H and O–H groups in total. The average Bonchev–Trinajstić information content (AvgIpc) is 2.36. The van der Waals surface area contributed by atoms with Crippen LogP contribution in [0.25, 0.3) is 0 Å². The van der Waals surface area contributed by atoms with E-state index in [4.69, 9.17) is 15.4 Å². The minimum Gasteiger partial charge on any atom is -0.454 e. The smallest absolute Gasteiger partial charge is 0.401 e. The molecule has 0 aromatic rings. The summed E-state index contributed by atoms with van der Waals surface area (Å²) in [6.07, 6.45) is -5.50.